The molecule has 0 radical (unpaired) electrons. The molecule has 0 N–H and O–H groups in total. The zero-order chi connectivity index (χ0) is 31.8. The highest BCUT2D eigenvalue weighted by molar-refractivity contribution is 6.28. The van der Waals surface area contributed by atoms with Gasteiger partial charge in [0.2, 0.25) is 5.28 Å². The van der Waals surface area contributed by atoms with Gasteiger partial charge in [0.1, 0.15) is 11.6 Å². The van der Waals surface area contributed by atoms with Crippen molar-refractivity contribution in [2.75, 3.05) is 56.1 Å². The van der Waals surface area contributed by atoms with E-state index in [1.54, 1.807) is 9.42 Å². The summed E-state index contributed by atoms with van der Waals surface area (Å²) in [6.45, 7) is 9.40. The molecule has 3 aromatic heterocycles. The third-order valence-corrected chi connectivity index (χ3v) is 9.48. The van der Waals surface area contributed by atoms with E-state index in [-0.39, 0.29) is 17.4 Å². The van der Waals surface area contributed by atoms with Crippen molar-refractivity contribution in [3.05, 3.63) is 88.5 Å². The topological polar surface area (TPSA) is 99.1 Å². The predicted octanol–water partition coefficient (Wildman–Crippen LogP) is 6.00. The van der Waals surface area contributed by atoms with Gasteiger partial charge in [-0.15, -0.1) is 15.3 Å². The standard InChI is InChI=1S/C34H38ClN9O2/c1-23-31(24(2)46-39-23)26-12-13-28-27(22-26)32(25-10-6-4-7-11-25)43(34(45)40(28)3)17-9-5-8-16-41-18-20-42(21-19-41)30-15-14-29-36-37-33(35)44(29)38-30/h4,6-7,10-15,22,32H,5,8-9,16-21H2,1-3H3. The van der Waals surface area contributed by atoms with E-state index in [0.717, 1.165) is 97.2 Å². The van der Waals surface area contributed by atoms with Gasteiger partial charge in [0.25, 0.3) is 0 Å². The van der Waals surface area contributed by atoms with E-state index in [4.69, 9.17) is 16.1 Å². The van der Waals surface area contributed by atoms with Crippen LogP contribution >= 0.6 is 11.6 Å². The summed E-state index contributed by atoms with van der Waals surface area (Å²) < 4.78 is 7.06. The van der Waals surface area contributed by atoms with E-state index in [1.165, 1.54) is 0 Å². The number of carbonyl (C=O) groups excluding carboxylic acids is 1. The van der Waals surface area contributed by atoms with Crippen LogP contribution in [0.3, 0.4) is 0 Å². The summed E-state index contributed by atoms with van der Waals surface area (Å²) in [6, 6.07) is 20.4. The number of aromatic nitrogens is 5. The van der Waals surface area contributed by atoms with Gasteiger partial charge in [-0.05, 0) is 80.2 Å². The molecule has 46 heavy (non-hydrogen) atoms. The molecular formula is C34H38ClN9O2. The average molecular weight is 640 g/mol. The number of hydrogen-bond donors (Lipinski definition) is 0. The number of aryl methyl sites for hydroxylation is 2. The van der Waals surface area contributed by atoms with Crippen LogP contribution in [0.15, 0.2) is 65.2 Å². The number of benzene rings is 2. The fraction of sp³-hybridized carbons (Fsp3) is 0.382. The first kappa shape index (κ1) is 30.2. The highest BCUT2D eigenvalue weighted by Gasteiger charge is 2.37. The lowest BCUT2D eigenvalue weighted by atomic mass is 9.90. The minimum atomic E-state index is -0.172. The van der Waals surface area contributed by atoms with Crippen molar-refractivity contribution >= 4 is 34.8 Å². The second-order valence-corrected chi connectivity index (χ2v) is 12.5. The summed E-state index contributed by atoms with van der Waals surface area (Å²) in [5, 5.41) is 17.0. The third kappa shape index (κ3) is 5.69. The van der Waals surface area contributed by atoms with Crippen molar-refractivity contribution in [2.45, 2.75) is 39.2 Å². The van der Waals surface area contributed by atoms with Crippen LogP contribution in [0.1, 0.15) is 47.9 Å². The lowest BCUT2D eigenvalue weighted by Gasteiger charge is -2.42. The van der Waals surface area contributed by atoms with Crippen molar-refractivity contribution in [3.63, 3.8) is 0 Å². The summed E-state index contributed by atoms with van der Waals surface area (Å²) in [6.07, 6.45) is 3.07. The molecule has 1 fully saturated rings. The van der Waals surface area contributed by atoms with Crippen molar-refractivity contribution < 1.29 is 9.32 Å². The summed E-state index contributed by atoms with van der Waals surface area (Å²) in [5.74, 6) is 1.68. The number of carbonyl (C=O) groups is 1. The molecule has 12 heteroatoms. The molecule has 2 amide bonds. The molecule has 1 atom stereocenters. The molecule has 2 aliphatic rings. The van der Waals surface area contributed by atoms with Gasteiger partial charge in [-0.2, -0.15) is 4.52 Å². The van der Waals surface area contributed by atoms with Crippen LogP contribution in [0.5, 0.6) is 0 Å². The Morgan fingerprint density at radius 3 is 2.46 bits per heavy atom. The molecule has 2 aromatic carbocycles. The fourth-order valence-electron chi connectivity index (χ4n) is 6.84. The Balaban J connectivity index is 0.993. The number of rotatable bonds is 9. The first-order valence-electron chi connectivity index (χ1n) is 15.9. The molecule has 1 saturated heterocycles. The zero-order valence-electron chi connectivity index (χ0n) is 26.4. The van der Waals surface area contributed by atoms with Gasteiger partial charge in [-0.25, -0.2) is 4.79 Å². The van der Waals surface area contributed by atoms with E-state index >= 15 is 0 Å². The Morgan fingerprint density at radius 2 is 1.70 bits per heavy atom. The minimum absolute atomic E-state index is 0.0297. The van der Waals surface area contributed by atoms with Crippen molar-refractivity contribution in [3.8, 4) is 11.1 Å². The molecule has 238 valence electrons. The maximum Gasteiger partial charge on any atom is 0.325 e. The van der Waals surface area contributed by atoms with Crippen LogP contribution in [-0.2, 0) is 0 Å². The van der Waals surface area contributed by atoms with Gasteiger partial charge in [-0.1, -0.05) is 48.0 Å². The van der Waals surface area contributed by atoms with Gasteiger partial charge in [0.15, 0.2) is 5.65 Å². The largest absolute Gasteiger partial charge is 0.361 e. The Hall–Kier alpha value is -4.48. The number of hydrogen-bond acceptors (Lipinski definition) is 8. The van der Waals surface area contributed by atoms with Crippen LogP contribution in [-0.4, -0.2) is 87.1 Å². The van der Waals surface area contributed by atoms with Crippen molar-refractivity contribution in [2.24, 2.45) is 0 Å². The molecule has 5 heterocycles. The van der Waals surface area contributed by atoms with Crippen LogP contribution in [0.2, 0.25) is 5.28 Å². The van der Waals surface area contributed by atoms with E-state index in [9.17, 15) is 4.79 Å². The van der Waals surface area contributed by atoms with Gasteiger partial charge >= 0.3 is 6.03 Å². The second kappa shape index (κ2) is 12.7. The summed E-state index contributed by atoms with van der Waals surface area (Å²) in [5.41, 5.74) is 6.73. The molecule has 0 saturated carbocycles. The zero-order valence-corrected chi connectivity index (χ0v) is 27.2. The van der Waals surface area contributed by atoms with Gasteiger partial charge in [0.05, 0.1) is 17.4 Å². The fourth-order valence-corrected chi connectivity index (χ4v) is 7.00. The Morgan fingerprint density at radius 1 is 0.913 bits per heavy atom. The van der Waals surface area contributed by atoms with Crippen molar-refractivity contribution in [1.29, 1.82) is 0 Å². The normalized spacial score (nSPS) is 17.3. The predicted molar refractivity (Wildman–Crippen MR) is 178 cm³/mol. The summed E-state index contributed by atoms with van der Waals surface area (Å²) in [4.78, 5) is 22.4. The van der Waals surface area contributed by atoms with Gasteiger partial charge < -0.3 is 14.3 Å². The number of unbranched alkanes of at least 4 members (excludes halogenated alkanes) is 2. The number of piperazine rings is 1. The summed E-state index contributed by atoms with van der Waals surface area (Å²) >= 11 is 6.12. The van der Waals surface area contributed by atoms with E-state index in [2.05, 4.69) is 60.6 Å². The molecule has 7 rings (SSSR count). The van der Waals surface area contributed by atoms with E-state index in [1.807, 2.05) is 56.1 Å². The van der Waals surface area contributed by atoms with Gasteiger partial charge in [0, 0.05) is 50.9 Å². The maximum atomic E-state index is 13.8. The second-order valence-electron chi connectivity index (χ2n) is 12.1. The first-order valence-corrected chi connectivity index (χ1v) is 16.3. The average Bonchev–Trinajstić information content (AvgIpc) is 3.63. The highest BCUT2D eigenvalue weighted by Crippen LogP contribution is 2.42. The Bertz CT molecular complexity index is 1830. The number of halogens is 1. The molecular weight excluding hydrogens is 602 g/mol. The van der Waals surface area contributed by atoms with Crippen LogP contribution < -0.4 is 9.80 Å². The number of urea groups is 1. The monoisotopic (exact) mass is 639 g/mol. The van der Waals surface area contributed by atoms with Crippen LogP contribution in [0.25, 0.3) is 16.8 Å². The molecule has 2 aliphatic heterocycles. The number of anilines is 2. The van der Waals surface area contributed by atoms with E-state index < -0.39 is 0 Å². The summed E-state index contributed by atoms with van der Waals surface area (Å²) in [7, 11) is 1.87. The van der Waals surface area contributed by atoms with Crippen molar-refractivity contribution in [1.82, 2.24) is 34.8 Å². The molecule has 11 nitrogen and oxygen atoms in total. The highest BCUT2D eigenvalue weighted by atomic mass is 35.5. The third-order valence-electron chi connectivity index (χ3n) is 9.25. The number of fused-ring (bicyclic) bond motifs is 2. The maximum absolute atomic E-state index is 13.8. The Kier molecular flexibility index (Phi) is 8.35. The smallest absolute Gasteiger partial charge is 0.325 e. The SMILES string of the molecule is Cc1noc(C)c1-c1ccc2c(c1)C(c1ccccc1)N(CCCCCN1CCN(c3ccc4nnc(Cl)n4n3)CC1)C(=O)N2C. The number of amides is 2. The Labute approximate surface area is 273 Å². The lowest BCUT2D eigenvalue weighted by molar-refractivity contribution is 0.185. The lowest BCUT2D eigenvalue weighted by Crippen LogP contribution is -2.48. The molecule has 0 aliphatic carbocycles. The minimum Gasteiger partial charge on any atom is -0.361 e. The molecule has 0 bridgehead atoms. The van der Waals surface area contributed by atoms with Crippen LogP contribution in [0.4, 0.5) is 16.3 Å². The molecule has 0 spiro atoms. The van der Waals surface area contributed by atoms with E-state index in [0.29, 0.717) is 12.2 Å². The van der Waals surface area contributed by atoms with Gasteiger partial charge in [-0.3, -0.25) is 9.80 Å². The molecule has 1 unspecified atom stereocenters. The van der Waals surface area contributed by atoms with Crippen LogP contribution in [0, 0.1) is 13.8 Å². The number of nitrogens with zero attached hydrogens (tertiary/aromatic N) is 9. The molecule has 5 aromatic rings. The quantitative estimate of drug-likeness (QED) is 0.181. The first-order chi connectivity index (χ1) is 22.4.